The molecule has 1 unspecified atom stereocenters. The first-order chi connectivity index (χ1) is 12.6. The summed E-state index contributed by atoms with van der Waals surface area (Å²) in [5.41, 5.74) is -0.186. The summed E-state index contributed by atoms with van der Waals surface area (Å²) in [6.07, 6.45) is -1.20. The lowest BCUT2D eigenvalue weighted by Gasteiger charge is -2.50. The molecule has 27 heavy (non-hydrogen) atoms. The second-order valence-corrected chi connectivity index (χ2v) is 7.45. The lowest BCUT2D eigenvalue weighted by Crippen LogP contribution is -2.48. The minimum atomic E-state index is -1.19. The molecular weight excluding hydrogens is 352 g/mol. The number of amides is 2. The third kappa shape index (κ3) is 5.05. The first kappa shape index (κ1) is 20.9. The van der Waals surface area contributed by atoms with Crippen LogP contribution in [0.3, 0.4) is 0 Å². The SMILES string of the molecule is CC(C)C(c1ccccc1)N([O-])C(C)(C)COC(=O)ON1C(=O)CCC1=O. The van der Waals surface area contributed by atoms with Gasteiger partial charge in [-0.15, -0.1) is 0 Å². The maximum Gasteiger partial charge on any atom is 0.534 e. The molecule has 0 saturated carbocycles. The van der Waals surface area contributed by atoms with Gasteiger partial charge in [0.25, 0.3) is 11.8 Å². The molecule has 1 aromatic rings. The number of hydrogen-bond acceptors (Lipinski definition) is 7. The Morgan fingerprint density at radius 2 is 1.74 bits per heavy atom. The zero-order chi connectivity index (χ0) is 20.2. The van der Waals surface area contributed by atoms with Gasteiger partial charge in [-0.1, -0.05) is 49.2 Å². The van der Waals surface area contributed by atoms with Crippen molar-refractivity contribution in [2.24, 2.45) is 5.92 Å². The van der Waals surface area contributed by atoms with E-state index in [2.05, 4.69) is 4.84 Å². The first-order valence-corrected chi connectivity index (χ1v) is 8.85. The smallest absolute Gasteiger partial charge is 0.534 e. The van der Waals surface area contributed by atoms with E-state index in [1.165, 1.54) is 0 Å². The molecule has 1 atom stereocenters. The fraction of sp³-hybridized carbons (Fsp3) is 0.526. The number of carbonyl (C=O) groups is 3. The van der Waals surface area contributed by atoms with E-state index in [9.17, 15) is 19.6 Å². The van der Waals surface area contributed by atoms with Crippen LogP contribution in [-0.4, -0.2) is 40.2 Å². The molecule has 0 bridgehead atoms. The van der Waals surface area contributed by atoms with Crippen molar-refractivity contribution in [1.29, 1.82) is 0 Å². The van der Waals surface area contributed by atoms with Crippen molar-refractivity contribution in [2.75, 3.05) is 6.61 Å². The molecule has 1 aliphatic heterocycles. The monoisotopic (exact) mass is 377 g/mol. The zero-order valence-electron chi connectivity index (χ0n) is 16.0. The van der Waals surface area contributed by atoms with Crippen LogP contribution in [0.25, 0.3) is 0 Å². The van der Waals surface area contributed by atoms with Crippen LogP contribution in [0.2, 0.25) is 0 Å². The van der Waals surface area contributed by atoms with Crippen LogP contribution in [0.1, 0.15) is 52.1 Å². The van der Waals surface area contributed by atoms with Crippen molar-refractivity contribution < 1.29 is 24.0 Å². The Kier molecular flexibility index (Phi) is 6.56. The number of imide groups is 1. The van der Waals surface area contributed by atoms with Gasteiger partial charge in [0.05, 0.1) is 0 Å². The minimum Gasteiger partial charge on any atom is -0.784 e. The highest BCUT2D eigenvalue weighted by atomic mass is 16.8. The lowest BCUT2D eigenvalue weighted by atomic mass is 9.92. The largest absolute Gasteiger partial charge is 0.784 e. The summed E-state index contributed by atoms with van der Waals surface area (Å²) in [6, 6.07) is 8.94. The Morgan fingerprint density at radius 3 is 2.26 bits per heavy atom. The summed E-state index contributed by atoms with van der Waals surface area (Å²) in [5.74, 6) is -1.16. The van der Waals surface area contributed by atoms with Crippen molar-refractivity contribution in [1.82, 2.24) is 10.1 Å². The highest BCUT2D eigenvalue weighted by molar-refractivity contribution is 6.01. The Bertz CT molecular complexity index is 673. The maximum absolute atomic E-state index is 13.0. The molecule has 2 rings (SSSR count). The molecule has 8 nitrogen and oxygen atoms in total. The summed E-state index contributed by atoms with van der Waals surface area (Å²) >= 11 is 0. The second kappa shape index (κ2) is 8.49. The molecule has 1 aliphatic rings. The van der Waals surface area contributed by atoms with Gasteiger partial charge >= 0.3 is 6.16 Å². The van der Waals surface area contributed by atoms with Crippen LogP contribution in [-0.2, 0) is 19.2 Å². The Morgan fingerprint density at radius 1 is 1.19 bits per heavy atom. The van der Waals surface area contributed by atoms with Gasteiger partial charge in [0.2, 0.25) is 0 Å². The van der Waals surface area contributed by atoms with Crippen LogP contribution >= 0.6 is 0 Å². The van der Waals surface area contributed by atoms with E-state index in [1.54, 1.807) is 13.8 Å². The molecule has 0 aliphatic carbocycles. The summed E-state index contributed by atoms with van der Waals surface area (Å²) in [5, 5.41) is 14.4. The summed E-state index contributed by atoms with van der Waals surface area (Å²) < 4.78 is 5.00. The zero-order valence-corrected chi connectivity index (χ0v) is 16.0. The van der Waals surface area contributed by atoms with Crippen LogP contribution in [0, 0.1) is 11.1 Å². The van der Waals surface area contributed by atoms with Gasteiger partial charge in [-0.2, -0.15) is 0 Å². The lowest BCUT2D eigenvalue weighted by molar-refractivity contribution is -0.178. The molecule has 1 fully saturated rings. The molecule has 2 amide bonds. The molecule has 1 aromatic carbocycles. The number of rotatable bonds is 7. The van der Waals surface area contributed by atoms with Gasteiger partial charge in [-0.3, -0.25) is 14.4 Å². The summed E-state index contributed by atoms with van der Waals surface area (Å²) in [4.78, 5) is 39.4. The Hall–Kier alpha value is -2.45. The molecule has 8 heteroatoms. The number of nitrogens with zero attached hydrogens (tertiary/aromatic N) is 2. The fourth-order valence-corrected chi connectivity index (χ4v) is 2.88. The molecule has 1 saturated heterocycles. The fourth-order valence-electron chi connectivity index (χ4n) is 2.88. The van der Waals surface area contributed by atoms with Crippen LogP contribution in [0.5, 0.6) is 0 Å². The molecule has 1 heterocycles. The van der Waals surface area contributed by atoms with E-state index in [4.69, 9.17) is 4.74 Å². The third-order valence-electron chi connectivity index (χ3n) is 4.34. The number of carbonyl (C=O) groups excluding carboxylic acids is 3. The first-order valence-electron chi connectivity index (χ1n) is 8.85. The highest BCUT2D eigenvalue weighted by Crippen LogP contribution is 2.33. The molecular formula is C19H25N2O6-. The van der Waals surface area contributed by atoms with Gasteiger partial charge in [-0.05, 0) is 25.3 Å². The van der Waals surface area contributed by atoms with Crippen LogP contribution in [0.15, 0.2) is 30.3 Å². The van der Waals surface area contributed by atoms with Crippen molar-refractivity contribution in [3.8, 4) is 0 Å². The van der Waals surface area contributed by atoms with Crippen molar-refractivity contribution in [3.63, 3.8) is 0 Å². The van der Waals surface area contributed by atoms with Gasteiger partial charge in [-0.25, -0.2) is 4.79 Å². The Labute approximate surface area is 158 Å². The van der Waals surface area contributed by atoms with E-state index >= 15 is 0 Å². The van der Waals surface area contributed by atoms with E-state index in [-0.39, 0.29) is 25.4 Å². The van der Waals surface area contributed by atoms with Gasteiger partial charge < -0.3 is 15.0 Å². The number of hydrogen-bond donors (Lipinski definition) is 0. The van der Waals surface area contributed by atoms with Crippen molar-refractivity contribution in [3.05, 3.63) is 41.1 Å². The predicted octanol–water partition coefficient (Wildman–Crippen LogP) is 3.18. The molecule has 0 aromatic heterocycles. The third-order valence-corrected chi connectivity index (χ3v) is 4.34. The van der Waals surface area contributed by atoms with Crippen molar-refractivity contribution >= 4 is 18.0 Å². The second-order valence-electron chi connectivity index (χ2n) is 7.45. The standard InChI is InChI=1S/C19H25N2O6/c1-13(2)17(14-8-6-5-7-9-14)21(25)19(3,4)12-26-18(24)27-20-15(22)10-11-16(20)23/h5-9,13,17H,10-12H2,1-4H3/q-1. The number of benzene rings is 1. The van der Waals surface area contributed by atoms with E-state index in [0.29, 0.717) is 5.06 Å². The maximum atomic E-state index is 13.0. The average molecular weight is 377 g/mol. The van der Waals surface area contributed by atoms with Gasteiger partial charge in [0, 0.05) is 24.4 Å². The predicted molar refractivity (Wildman–Crippen MR) is 96.8 cm³/mol. The molecule has 0 spiro atoms. The number of ether oxygens (including phenoxy) is 1. The van der Waals surface area contributed by atoms with Gasteiger partial charge in [0.15, 0.2) is 0 Å². The van der Waals surface area contributed by atoms with Crippen LogP contribution in [0.4, 0.5) is 4.79 Å². The van der Waals surface area contributed by atoms with Crippen molar-refractivity contribution in [2.45, 2.75) is 52.1 Å². The van der Waals surface area contributed by atoms with Crippen LogP contribution < -0.4 is 0 Å². The quantitative estimate of drug-likeness (QED) is 0.409. The van der Waals surface area contributed by atoms with E-state index < -0.39 is 29.6 Å². The minimum absolute atomic E-state index is 0.000905. The summed E-state index contributed by atoms with van der Waals surface area (Å²) in [6.45, 7) is 6.92. The molecule has 0 radical (unpaired) electrons. The van der Waals surface area contributed by atoms with E-state index in [0.717, 1.165) is 10.6 Å². The van der Waals surface area contributed by atoms with Gasteiger partial charge in [0.1, 0.15) is 6.61 Å². The topological polar surface area (TPSA) is 99.2 Å². The summed E-state index contributed by atoms with van der Waals surface area (Å²) in [7, 11) is 0. The average Bonchev–Trinajstić information content (AvgIpc) is 2.93. The molecule has 0 N–H and O–H groups in total. The normalized spacial score (nSPS) is 16.2. The number of hydroxylamine groups is 4. The molecule has 148 valence electrons. The highest BCUT2D eigenvalue weighted by Gasteiger charge is 2.35. The Balaban J connectivity index is 2.00. The van der Waals surface area contributed by atoms with E-state index in [1.807, 2.05) is 44.2 Å².